The van der Waals surface area contributed by atoms with E-state index in [1.54, 1.807) is 24.0 Å². The van der Waals surface area contributed by atoms with E-state index in [4.69, 9.17) is 4.98 Å². The molecule has 2 aliphatic rings. The van der Waals surface area contributed by atoms with Crippen molar-refractivity contribution >= 4 is 34.4 Å². The third-order valence-corrected chi connectivity index (χ3v) is 9.25. The third-order valence-electron chi connectivity index (χ3n) is 9.25. The van der Waals surface area contributed by atoms with E-state index in [9.17, 15) is 23.1 Å². The van der Waals surface area contributed by atoms with Gasteiger partial charge >= 0.3 is 12.2 Å². The summed E-state index contributed by atoms with van der Waals surface area (Å²) in [5.74, 6) is 0.815. The number of hydrogen-bond donors (Lipinski definition) is 4. The number of aryl methyl sites for hydroxylation is 2. The van der Waals surface area contributed by atoms with Gasteiger partial charge in [0.25, 0.3) is 0 Å². The van der Waals surface area contributed by atoms with Crippen LogP contribution in [0.3, 0.4) is 0 Å². The molecule has 3 heterocycles. The average Bonchev–Trinajstić information content (AvgIpc) is 3.42. The number of aliphatic hydroxyl groups is 1. The highest BCUT2D eigenvalue weighted by Crippen LogP contribution is 2.35. The first kappa shape index (κ1) is 33.6. The van der Waals surface area contributed by atoms with Gasteiger partial charge in [-0.2, -0.15) is 18.3 Å². The van der Waals surface area contributed by atoms with Crippen molar-refractivity contribution in [3.8, 4) is 11.3 Å². The lowest BCUT2D eigenvalue weighted by Gasteiger charge is -2.33. The third kappa shape index (κ3) is 7.88. The number of hydrogen-bond acceptors (Lipinski definition) is 8. The molecular formula is C34H42F3N9O2. The Hall–Kier alpha value is -4.27. The molecule has 0 radical (unpaired) electrons. The second kappa shape index (κ2) is 14.1. The van der Waals surface area contributed by atoms with E-state index in [1.165, 1.54) is 12.1 Å². The zero-order valence-electron chi connectivity index (χ0n) is 27.4. The monoisotopic (exact) mass is 665 g/mol. The Morgan fingerprint density at radius 1 is 0.979 bits per heavy atom. The van der Waals surface area contributed by atoms with Crippen molar-refractivity contribution < 1.29 is 23.1 Å². The lowest BCUT2D eigenvalue weighted by Crippen LogP contribution is -2.44. The number of urea groups is 1. The van der Waals surface area contributed by atoms with Gasteiger partial charge in [0.1, 0.15) is 0 Å². The summed E-state index contributed by atoms with van der Waals surface area (Å²) in [6.07, 6.45) is 0.998. The number of fused-ring (bicyclic) bond motifs is 1. The molecule has 4 aromatic rings. The van der Waals surface area contributed by atoms with Crippen LogP contribution in [0.4, 0.5) is 35.4 Å². The molecule has 2 fully saturated rings. The SMILES string of the molecule is CCc1cc(-c2cc(NC(=O)Nc3ccc(CN4CCN(C)CC4)c(C(F)(F)F)c3)nn2C)cc2cnc(NC3CCC(O)CC3)nc12. The second-order valence-electron chi connectivity index (χ2n) is 12.8. The predicted octanol–water partition coefficient (Wildman–Crippen LogP) is 5.72. The molecule has 1 saturated carbocycles. The fraction of sp³-hybridized carbons (Fsp3) is 0.471. The van der Waals surface area contributed by atoms with Crippen LogP contribution in [0.25, 0.3) is 22.2 Å². The summed E-state index contributed by atoms with van der Waals surface area (Å²) < 4.78 is 43.7. The number of amides is 2. The van der Waals surface area contributed by atoms with Gasteiger partial charge in [-0.3, -0.25) is 14.9 Å². The number of carbonyl (C=O) groups is 1. The number of aromatic nitrogens is 4. The molecule has 48 heavy (non-hydrogen) atoms. The molecule has 0 bridgehead atoms. The summed E-state index contributed by atoms with van der Waals surface area (Å²) >= 11 is 0. The van der Waals surface area contributed by atoms with Crippen LogP contribution in [0, 0.1) is 0 Å². The lowest BCUT2D eigenvalue weighted by atomic mass is 9.93. The highest BCUT2D eigenvalue weighted by molar-refractivity contribution is 5.99. The molecule has 2 aromatic carbocycles. The molecule has 2 amide bonds. The molecule has 0 unspecified atom stereocenters. The van der Waals surface area contributed by atoms with Gasteiger partial charge in [-0.25, -0.2) is 14.8 Å². The minimum absolute atomic E-state index is 0.0372. The Morgan fingerprint density at radius 2 is 1.73 bits per heavy atom. The highest BCUT2D eigenvalue weighted by atomic mass is 19.4. The van der Waals surface area contributed by atoms with E-state index < -0.39 is 17.8 Å². The van der Waals surface area contributed by atoms with Gasteiger partial charge < -0.3 is 20.6 Å². The maximum atomic E-state index is 14.0. The Morgan fingerprint density at radius 3 is 2.44 bits per heavy atom. The summed E-state index contributed by atoms with van der Waals surface area (Å²) in [5.41, 5.74) is 2.92. The fourth-order valence-corrected chi connectivity index (χ4v) is 6.49. The Labute approximate surface area is 277 Å². The Balaban J connectivity index is 1.15. The minimum Gasteiger partial charge on any atom is -0.393 e. The Bertz CT molecular complexity index is 1760. The van der Waals surface area contributed by atoms with Crippen LogP contribution >= 0.6 is 0 Å². The molecule has 4 N–H and O–H groups in total. The maximum Gasteiger partial charge on any atom is 0.416 e. The molecule has 6 rings (SSSR count). The van der Waals surface area contributed by atoms with Crippen LogP contribution in [-0.2, 0) is 26.2 Å². The van der Waals surface area contributed by atoms with Gasteiger partial charge in [0.05, 0.1) is 22.9 Å². The largest absolute Gasteiger partial charge is 0.416 e. The fourth-order valence-electron chi connectivity index (χ4n) is 6.49. The van der Waals surface area contributed by atoms with Crippen molar-refractivity contribution in [2.45, 2.75) is 63.9 Å². The quantitative estimate of drug-likeness (QED) is 0.189. The van der Waals surface area contributed by atoms with Crippen LogP contribution in [0.15, 0.2) is 42.6 Å². The van der Waals surface area contributed by atoms with Crippen molar-refractivity contribution in [3.05, 3.63) is 59.3 Å². The number of rotatable bonds is 8. The van der Waals surface area contributed by atoms with Crippen molar-refractivity contribution in [2.75, 3.05) is 49.2 Å². The van der Waals surface area contributed by atoms with Crippen LogP contribution in [0.1, 0.15) is 49.3 Å². The highest BCUT2D eigenvalue weighted by Gasteiger charge is 2.34. The number of nitrogens with one attached hydrogen (secondary N) is 3. The number of alkyl halides is 3. The van der Waals surface area contributed by atoms with Crippen molar-refractivity contribution in [1.82, 2.24) is 29.5 Å². The van der Waals surface area contributed by atoms with Crippen molar-refractivity contribution in [1.29, 1.82) is 0 Å². The number of nitrogens with zero attached hydrogens (tertiary/aromatic N) is 6. The normalized spacial score (nSPS) is 19.4. The second-order valence-corrected chi connectivity index (χ2v) is 12.8. The number of likely N-dealkylation sites (N-methyl/N-ethyl adjacent to an activating group) is 1. The predicted molar refractivity (Wildman–Crippen MR) is 180 cm³/mol. The van der Waals surface area contributed by atoms with Gasteiger partial charge in [0.15, 0.2) is 5.82 Å². The molecule has 11 nitrogen and oxygen atoms in total. The van der Waals surface area contributed by atoms with E-state index in [-0.39, 0.29) is 35.8 Å². The number of aliphatic hydroxyl groups excluding tert-OH is 1. The zero-order chi connectivity index (χ0) is 34.0. The molecule has 2 aromatic heterocycles. The summed E-state index contributed by atoms with van der Waals surface area (Å²) in [6.45, 7) is 5.24. The van der Waals surface area contributed by atoms with Crippen LogP contribution < -0.4 is 16.0 Å². The molecule has 1 aliphatic carbocycles. The summed E-state index contributed by atoms with van der Waals surface area (Å²) in [6, 6.07) is 9.17. The molecule has 0 spiro atoms. The number of benzene rings is 2. The molecule has 0 atom stereocenters. The summed E-state index contributed by atoms with van der Waals surface area (Å²) in [5, 5.41) is 23.7. The van der Waals surface area contributed by atoms with Crippen molar-refractivity contribution in [2.24, 2.45) is 7.05 Å². The van der Waals surface area contributed by atoms with Crippen LogP contribution in [0.5, 0.6) is 0 Å². The zero-order valence-corrected chi connectivity index (χ0v) is 27.4. The summed E-state index contributed by atoms with van der Waals surface area (Å²) in [4.78, 5) is 26.4. The van der Waals surface area contributed by atoms with Gasteiger partial charge in [0.2, 0.25) is 5.95 Å². The number of halogens is 3. The van der Waals surface area contributed by atoms with E-state index in [0.717, 1.165) is 79.0 Å². The molecule has 256 valence electrons. The van der Waals surface area contributed by atoms with Crippen LogP contribution in [0.2, 0.25) is 0 Å². The van der Waals surface area contributed by atoms with E-state index in [0.29, 0.717) is 19.0 Å². The molecular weight excluding hydrogens is 623 g/mol. The first-order valence-corrected chi connectivity index (χ1v) is 16.4. The maximum absolute atomic E-state index is 14.0. The Kier molecular flexibility index (Phi) is 9.85. The standard InChI is InChI=1S/C34H42F3N9O2/c1-4-21-15-23(16-24-19-38-32(42-31(21)24)39-25-7-9-27(47)10-8-25)29-18-30(43-45(29)3)41-33(48)40-26-6-5-22(28(17-26)34(35,36)37)20-46-13-11-44(2)12-14-46/h5-6,15-19,25,27,47H,4,7-14,20H2,1-3H3,(H,38,39,42)(H2,40,41,43,48). The van der Waals surface area contributed by atoms with E-state index in [1.807, 2.05) is 24.1 Å². The average molecular weight is 666 g/mol. The first-order valence-electron chi connectivity index (χ1n) is 16.4. The number of anilines is 3. The lowest BCUT2D eigenvalue weighted by molar-refractivity contribution is -0.138. The molecule has 14 heteroatoms. The molecule has 1 aliphatic heterocycles. The number of carbonyl (C=O) groups excluding carboxylic acids is 1. The summed E-state index contributed by atoms with van der Waals surface area (Å²) in [7, 11) is 3.75. The minimum atomic E-state index is -4.56. The van der Waals surface area contributed by atoms with E-state index >= 15 is 0 Å². The number of piperazine rings is 1. The smallest absolute Gasteiger partial charge is 0.393 e. The topological polar surface area (TPSA) is 123 Å². The van der Waals surface area contributed by atoms with Crippen LogP contribution in [-0.4, -0.2) is 86.1 Å². The van der Waals surface area contributed by atoms with Gasteiger partial charge in [-0.05, 0) is 74.5 Å². The van der Waals surface area contributed by atoms with E-state index in [2.05, 4.69) is 37.9 Å². The van der Waals surface area contributed by atoms with Gasteiger partial charge in [0, 0.05) is 74.7 Å². The first-order chi connectivity index (χ1) is 22.9. The van der Waals surface area contributed by atoms with Gasteiger partial charge in [-0.15, -0.1) is 0 Å². The van der Waals surface area contributed by atoms with Gasteiger partial charge in [-0.1, -0.05) is 13.0 Å². The molecule has 1 saturated heterocycles. The van der Waals surface area contributed by atoms with Crippen molar-refractivity contribution in [3.63, 3.8) is 0 Å².